The Balaban J connectivity index is 2.85. The second-order valence-electron chi connectivity index (χ2n) is 4.77. The van der Waals surface area contributed by atoms with Crippen LogP contribution >= 0.6 is 38.5 Å². The van der Waals surface area contributed by atoms with Crippen molar-refractivity contribution in [3.8, 4) is 0 Å². The zero-order valence-electron chi connectivity index (χ0n) is 10.3. The van der Waals surface area contributed by atoms with E-state index in [1.807, 2.05) is 6.92 Å². The number of rotatable bonds is 4. The van der Waals surface area contributed by atoms with Crippen molar-refractivity contribution < 1.29 is 9.47 Å². The van der Waals surface area contributed by atoms with Gasteiger partial charge in [0, 0.05) is 13.0 Å². The first-order chi connectivity index (χ1) is 7.39. The highest BCUT2D eigenvalue weighted by Gasteiger charge is 2.42. The second-order valence-corrected chi connectivity index (χ2v) is 8.13. The Morgan fingerprint density at radius 1 is 1.69 bits per heavy atom. The smallest absolute Gasteiger partial charge is 0.162 e. The molecule has 0 spiro atoms. The van der Waals surface area contributed by atoms with Crippen LogP contribution in [0.1, 0.15) is 40.5 Å². The van der Waals surface area contributed by atoms with E-state index < -0.39 is 0 Å². The van der Waals surface area contributed by atoms with Crippen molar-refractivity contribution in [1.29, 1.82) is 0 Å². The number of halogens is 2. The van der Waals surface area contributed by atoms with E-state index in [1.54, 1.807) is 0 Å². The molecule has 0 aromatic rings. The van der Waals surface area contributed by atoms with E-state index in [0.29, 0.717) is 12.5 Å². The Labute approximate surface area is 120 Å². The van der Waals surface area contributed by atoms with Gasteiger partial charge in [-0.05, 0) is 70.3 Å². The van der Waals surface area contributed by atoms with Crippen molar-refractivity contribution in [1.82, 2.24) is 0 Å². The van der Waals surface area contributed by atoms with Crippen molar-refractivity contribution in [2.45, 2.75) is 52.4 Å². The minimum absolute atomic E-state index is 0.0777. The van der Waals surface area contributed by atoms with Crippen molar-refractivity contribution in [2.75, 3.05) is 6.61 Å². The van der Waals surface area contributed by atoms with Crippen LogP contribution in [0.4, 0.5) is 0 Å². The summed E-state index contributed by atoms with van der Waals surface area (Å²) >= 11 is 5.89. The minimum atomic E-state index is -0.173. The fraction of sp³-hybridized carbons (Fsp3) is 0.833. The summed E-state index contributed by atoms with van der Waals surface area (Å²) in [6.07, 6.45) is 1.83. The maximum atomic E-state index is 6.06. The molecule has 94 valence electrons. The Kier molecular flexibility index (Phi) is 5.75. The van der Waals surface area contributed by atoms with E-state index in [9.17, 15) is 0 Å². The Morgan fingerprint density at radius 3 is 2.75 bits per heavy atom. The van der Waals surface area contributed by atoms with Gasteiger partial charge in [-0.3, -0.25) is 0 Å². The predicted molar refractivity (Wildman–Crippen MR) is 78.9 cm³/mol. The molecule has 1 rings (SSSR count). The summed E-state index contributed by atoms with van der Waals surface area (Å²) in [5, 5.41) is 0. The average molecular weight is 403 g/mol. The van der Waals surface area contributed by atoms with E-state index in [4.69, 9.17) is 9.47 Å². The average Bonchev–Trinajstić information content (AvgIpc) is 2.41. The minimum Gasteiger partial charge on any atom is -0.353 e. The quantitative estimate of drug-likeness (QED) is 0.639. The molecule has 16 heavy (non-hydrogen) atoms. The number of hydrogen-bond donors (Lipinski definition) is 0. The van der Waals surface area contributed by atoms with Gasteiger partial charge in [0.1, 0.15) is 0 Å². The van der Waals surface area contributed by atoms with Crippen molar-refractivity contribution in [3.63, 3.8) is 0 Å². The van der Waals surface area contributed by atoms with Gasteiger partial charge in [0.2, 0.25) is 0 Å². The molecule has 0 aliphatic carbocycles. The molecule has 2 unspecified atom stereocenters. The second kappa shape index (κ2) is 6.16. The third-order valence-corrected chi connectivity index (χ3v) is 3.91. The maximum Gasteiger partial charge on any atom is 0.162 e. The van der Waals surface area contributed by atoms with Gasteiger partial charge in [0.15, 0.2) is 6.29 Å². The molecular formula is C12H20BrIO2. The van der Waals surface area contributed by atoms with Crippen LogP contribution in [0.25, 0.3) is 0 Å². The van der Waals surface area contributed by atoms with Gasteiger partial charge in [0.05, 0.1) is 8.09 Å². The van der Waals surface area contributed by atoms with Crippen LogP contribution < -0.4 is 0 Å². The standard InChI is InChI=1S/C12H20BrIO2/c1-5-15-10-6-9(11(13)14)12(4,16-10)7-8(2)3/h8,10H,5-7H2,1-4H3/b11-9+. The van der Waals surface area contributed by atoms with Crippen LogP contribution in [0.3, 0.4) is 0 Å². The summed E-state index contributed by atoms with van der Waals surface area (Å²) in [7, 11) is 0. The van der Waals surface area contributed by atoms with Crippen molar-refractivity contribution in [2.24, 2.45) is 5.92 Å². The van der Waals surface area contributed by atoms with Gasteiger partial charge >= 0.3 is 0 Å². The van der Waals surface area contributed by atoms with Gasteiger partial charge in [-0.2, -0.15) is 0 Å². The fourth-order valence-electron chi connectivity index (χ4n) is 2.29. The predicted octanol–water partition coefficient (Wildman–Crippen LogP) is 4.62. The lowest BCUT2D eigenvalue weighted by atomic mass is 9.88. The van der Waals surface area contributed by atoms with Crippen LogP contribution in [0.5, 0.6) is 0 Å². The lowest BCUT2D eigenvalue weighted by molar-refractivity contribution is -0.161. The Bertz CT molecular complexity index is 274. The molecule has 2 atom stereocenters. The van der Waals surface area contributed by atoms with E-state index in [1.165, 1.54) is 5.57 Å². The lowest BCUT2D eigenvalue weighted by Crippen LogP contribution is -2.29. The molecule has 0 saturated carbocycles. The Morgan fingerprint density at radius 2 is 2.31 bits per heavy atom. The maximum absolute atomic E-state index is 6.06. The van der Waals surface area contributed by atoms with Crippen LogP contribution in [0.15, 0.2) is 8.06 Å². The molecule has 4 heteroatoms. The zero-order valence-corrected chi connectivity index (χ0v) is 14.1. The van der Waals surface area contributed by atoms with E-state index in [0.717, 1.165) is 15.3 Å². The highest BCUT2D eigenvalue weighted by molar-refractivity contribution is 14.1. The summed E-state index contributed by atoms with van der Waals surface area (Å²) in [6.45, 7) is 9.32. The molecule has 1 aliphatic rings. The third-order valence-electron chi connectivity index (χ3n) is 2.78. The SMILES string of the molecule is CCOC1C/C(=C(/Br)I)C(C)(CC(C)C)O1. The van der Waals surface area contributed by atoms with Gasteiger partial charge in [0.25, 0.3) is 0 Å². The molecule has 1 heterocycles. The lowest BCUT2D eigenvalue weighted by Gasteiger charge is -2.28. The first-order valence-electron chi connectivity index (χ1n) is 5.73. The fourth-order valence-corrected chi connectivity index (χ4v) is 3.66. The monoisotopic (exact) mass is 402 g/mol. The molecular weight excluding hydrogens is 383 g/mol. The summed E-state index contributed by atoms with van der Waals surface area (Å²) in [5.74, 6) is 0.614. The molecule has 0 N–H and O–H groups in total. The molecule has 2 nitrogen and oxygen atoms in total. The first-order valence-corrected chi connectivity index (χ1v) is 7.60. The zero-order chi connectivity index (χ0) is 12.3. The molecule has 1 fully saturated rings. The van der Waals surface area contributed by atoms with Gasteiger partial charge in [-0.15, -0.1) is 0 Å². The summed E-state index contributed by atoms with van der Waals surface area (Å²) < 4.78 is 12.8. The third kappa shape index (κ3) is 3.68. The highest BCUT2D eigenvalue weighted by atomic mass is 127. The van der Waals surface area contributed by atoms with Crippen LogP contribution in [-0.2, 0) is 9.47 Å². The number of ether oxygens (including phenoxy) is 2. The van der Waals surface area contributed by atoms with Crippen molar-refractivity contribution >= 4 is 38.5 Å². The highest BCUT2D eigenvalue weighted by Crippen LogP contribution is 2.44. The molecule has 1 aliphatic heterocycles. The van der Waals surface area contributed by atoms with Gasteiger partial charge < -0.3 is 9.47 Å². The van der Waals surface area contributed by atoms with E-state index >= 15 is 0 Å². The van der Waals surface area contributed by atoms with Crippen LogP contribution in [-0.4, -0.2) is 18.5 Å². The van der Waals surface area contributed by atoms with Crippen LogP contribution in [0, 0.1) is 5.92 Å². The normalized spacial score (nSPS) is 33.6. The molecule has 0 aromatic carbocycles. The van der Waals surface area contributed by atoms with Gasteiger partial charge in [-0.25, -0.2) is 0 Å². The molecule has 0 aromatic heterocycles. The van der Waals surface area contributed by atoms with Crippen molar-refractivity contribution in [3.05, 3.63) is 8.06 Å². The van der Waals surface area contributed by atoms with Gasteiger partial charge in [-0.1, -0.05) is 13.8 Å². The Hall–Kier alpha value is 0.870. The molecule has 1 saturated heterocycles. The summed E-state index contributed by atoms with van der Waals surface area (Å²) in [6, 6.07) is 0. The van der Waals surface area contributed by atoms with E-state index in [-0.39, 0.29) is 11.9 Å². The van der Waals surface area contributed by atoms with E-state index in [2.05, 4.69) is 59.3 Å². The molecule has 0 bridgehead atoms. The summed E-state index contributed by atoms with van der Waals surface area (Å²) in [5.41, 5.74) is 1.16. The topological polar surface area (TPSA) is 18.5 Å². The molecule has 0 amide bonds. The summed E-state index contributed by atoms with van der Waals surface area (Å²) in [4.78, 5) is 0. The van der Waals surface area contributed by atoms with Crippen LogP contribution in [0.2, 0.25) is 0 Å². The number of hydrogen-bond acceptors (Lipinski definition) is 2. The largest absolute Gasteiger partial charge is 0.353 e. The molecule has 0 radical (unpaired) electrons. The first kappa shape index (κ1) is 14.9.